The lowest BCUT2D eigenvalue weighted by atomic mass is 10.1. The summed E-state index contributed by atoms with van der Waals surface area (Å²) in [6.07, 6.45) is 0. The Morgan fingerprint density at radius 3 is 2.54 bits per heavy atom. The van der Waals surface area contributed by atoms with Gasteiger partial charge in [-0.05, 0) is 36.8 Å². The molecule has 146 valence electrons. The summed E-state index contributed by atoms with van der Waals surface area (Å²) in [6.45, 7) is 4.62. The molecule has 1 aliphatic rings. The molecule has 0 aliphatic carbocycles. The average Bonchev–Trinajstić information content (AvgIpc) is 2.65. The van der Waals surface area contributed by atoms with Gasteiger partial charge in [0.25, 0.3) is 5.56 Å². The van der Waals surface area contributed by atoms with Gasteiger partial charge in [-0.3, -0.25) is 14.3 Å². The third-order valence-electron chi connectivity index (χ3n) is 5.32. The maximum absolute atomic E-state index is 13.5. The lowest BCUT2D eigenvalue weighted by Gasteiger charge is -2.40. The van der Waals surface area contributed by atoms with E-state index < -0.39 is 11.6 Å². The second-order valence-electron chi connectivity index (χ2n) is 7.34. The molecule has 0 N–H and O–H groups in total. The number of halogens is 2. The number of rotatable bonds is 3. The quantitative estimate of drug-likeness (QED) is 0.696. The van der Waals surface area contributed by atoms with Crippen molar-refractivity contribution in [2.45, 2.75) is 19.5 Å². The van der Waals surface area contributed by atoms with Crippen LogP contribution in [0.2, 0.25) is 0 Å². The van der Waals surface area contributed by atoms with Crippen LogP contribution in [-0.4, -0.2) is 40.1 Å². The van der Waals surface area contributed by atoms with Crippen LogP contribution < -0.4 is 10.5 Å². The SMILES string of the molecule is CC1CN(c2nc3ccccc3c(=O)n2C)CCN1Cc1cc(F)cc(F)c1. The molecule has 5 nitrogen and oxygen atoms in total. The minimum Gasteiger partial charge on any atom is -0.339 e. The van der Waals surface area contributed by atoms with Crippen LogP contribution in [0.4, 0.5) is 14.7 Å². The van der Waals surface area contributed by atoms with E-state index in [-0.39, 0.29) is 11.6 Å². The van der Waals surface area contributed by atoms with Gasteiger partial charge in [0.1, 0.15) is 11.6 Å². The third kappa shape index (κ3) is 3.49. The second-order valence-corrected chi connectivity index (χ2v) is 7.34. The molecule has 2 heterocycles. The van der Waals surface area contributed by atoms with Crippen molar-refractivity contribution in [3.63, 3.8) is 0 Å². The van der Waals surface area contributed by atoms with Crippen molar-refractivity contribution in [1.29, 1.82) is 0 Å². The van der Waals surface area contributed by atoms with E-state index in [1.165, 1.54) is 12.1 Å². The number of anilines is 1. The molecule has 0 spiro atoms. The van der Waals surface area contributed by atoms with Crippen molar-refractivity contribution < 1.29 is 8.78 Å². The molecule has 1 unspecified atom stereocenters. The zero-order valence-electron chi connectivity index (χ0n) is 15.9. The van der Waals surface area contributed by atoms with E-state index in [1.807, 2.05) is 18.2 Å². The Balaban J connectivity index is 1.55. The van der Waals surface area contributed by atoms with Crippen molar-refractivity contribution in [3.8, 4) is 0 Å². The third-order valence-corrected chi connectivity index (χ3v) is 5.32. The highest BCUT2D eigenvalue weighted by Gasteiger charge is 2.26. The monoisotopic (exact) mass is 384 g/mol. The summed E-state index contributed by atoms with van der Waals surface area (Å²) in [5.74, 6) is -0.472. The summed E-state index contributed by atoms with van der Waals surface area (Å²) in [7, 11) is 1.74. The Morgan fingerprint density at radius 2 is 1.82 bits per heavy atom. The minimum absolute atomic E-state index is 0.0640. The first-order valence-electron chi connectivity index (χ1n) is 9.32. The fourth-order valence-electron chi connectivity index (χ4n) is 3.84. The molecule has 4 rings (SSSR count). The number of hydrogen-bond acceptors (Lipinski definition) is 4. The zero-order chi connectivity index (χ0) is 19.8. The standard InChI is InChI=1S/C21H22F2N4O/c1-14-12-27(8-7-26(14)13-15-9-16(22)11-17(23)10-15)21-24-19-6-4-3-5-18(19)20(28)25(21)2/h3-6,9-11,14H,7-8,12-13H2,1-2H3. The largest absolute Gasteiger partial charge is 0.339 e. The van der Waals surface area contributed by atoms with Crippen LogP contribution in [0.3, 0.4) is 0 Å². The van der Waals surface area contributed by atoms with Gasteiger partial charge in [0.05, 0.1) is 10.9 Å². The first kappa shape index (κ1) is 18.6. The minimum atomic E-state index is -0.559. The molecule has 0 saturated carbocycles. The molecule has 1 atom stereocenters. The molecule has 3 aromatic rings. The van der Waals surface area contributed by atoms with Crippen LogP contribution in [0.1, 0.15) is 12.5 Å². The lowest BCUT2D eigenvalue weighted by Crippen LogP contribution is -2.52. The van der Waals surface area contributed by atoms with E-state index in [1.54, 1.807) is 17.7 Å². The van der Waals surface area contributed by atoms with Crippen LogP contribution in [0.15, 0.2) is 47.3 Å². The number of nitrogens with zero attached hydrogens (tertiary/aromatic N) is 4. The van der Waals surface area contributed by atoms with Gasteiger partial charge in [0.15, 0.2) is 0 Å². The fourth-order valence-corrected chi connectivity index (χ4v) is 3.84. The highest BCUT2D eigenvalue weighted by Crippen LogP contribution is 2.20. The summed E-state index contributed by atoms with van der Waals surface area (Å²) < 4.78 is 28.5. The molecular weight excluding hydrogens is 362 g/mol. The molecule has 0 amide bonds. The van der Waals surface area contributed by atoms with E-state index in [2.05, 4.69) is 16.7 Å². The van der Waals surface area contributed by atoms with Gasteiger partial charge in [0.2, 0.25) is 5.95 Å². The van der Waals surface area contributed by atoms with Crippen LogP contribution in [0, 0.1) is 11.6 Å². The predicted octanol–water partition coefficient (Wildman–Crippen LogP) is 2.92. The summed E-state index contributed by atoms with van der Waals surface area (Å²) in [5, 5.41) is 0.605. The fraction of sp³-hybridized carbons (Fsp3) is 0.333. The van der Waals surface area contributed by atoms with Gasteiger partial charge < -0.3 is 4.90 Å². The maximum Gasteiger partial charge on any atom is 0.262 e. The van der Waals surface area contributed by atoms with Gasteiger partial charge in [-0.15, -0.1) is 0 Å². The summed E-state index contributed by atoms with van der Waals surface area (Å²) in [6, 6.07) is 11.1. The normalized spacial score (nSPS) is 18.0. The second kappa shape index (κ2) is 7.31. The smallest absolute Gasteiger partial charge is 0.262 e. The number of benzene rings is 2. The molecule has 1 aromatic heterocycles. The Hall–Kier alpha value is -2.80. The zero-order valence-corrected chi connectivity index (χ0v) is 15.9. The van der Waals surface area contributed by atoms with Crippen molar-refractivity contribution in [3.05, 3.63) is 70.0 Å². The van der Waals surface area contributed by atoms with Crippen LogP contribution in [0.25, 0.3) is 10.9 Å². The van der Waals surface area contributed by atoms with Gasteiger partial charge in [-0.1, -0.05) is 12.1 Å². The Kier molecular flexibility index (Phi) is 4.85. The number of aromatic nitrogens is 2. The number of hydrogen-bond donors (Lipinski definition) is 0. The molecule has 1 fully saturated rings. The Morgan fingerprint density at radius 1 is 1.11 bits per heavy atom. The molecule has 28 heavy (non-hydrogen) atoms. The molecule has 7 heteroatoms. The van der Waals surface area contributed by atoms with Crippen LogP contribution >= 0.6 is 0 Å². The van der Waals surface area contributed by atoms with E-state index in [0.29, 0.717) is 48.6 Å². The van der Waals surface area contributed by atoms with E-state index in [9.17, 15) is 13.6 Å². The van der Waals surface area contributed by atoms with E-state index in [0.717, 1.165) is 6.07 Å². The maximum atomic E-state index is 13.5. The first-order chi connectivity index (χ1) is 13.4. The van der Waals surface area contributed by atoms with Gasteiger partial charge in [-0.2, -0.15) is 0 Å². The van der Waals surface area contributed by atoms with E-state index in [4.69, 9.17) is 4.98 Å². The highest BCUT2D eigenvalue weighted by molar-refractivity contribution is 5.78. The van der Waals surface area contributed by atoms with Crippen LogP contribution in [-0.2, 0) is 13.6 Å². The molecule has 0 bridgehead atoms. The molecule has 0 radical (unpaired) electrons. The summed E-state index contributed by atoms with van der Waals surface area (Å²) >= 11 is 0. The van der Waals surface area contributed by atoms with Gasteiger partial charge in [-0.25, -0.2) is 13.8 Å². The first-order valence-corrected chi connectivity index (χ1v) is 9.32. The topological polar surface area (TPSA) is 41.4 Å². The molecule has 1 saturated heterocycles. The molecule has 2 aromatic carbocycles. The lowest BCUT2D eigenvalue weighted by molar-refractivity contribution is 0.179. The van der Waals surface area contributed by atoms with E-state index >= 15 is 0 Å². The molecular formula is C21H22F2N4O. The predicted molar refractivity (Wildman–Crippen MR) is 105 cm³/mol. The summed E-state index contributed by atoms with van der Waals surface area (Å²) in [4.78, 5) is 21.6. The Labute approximate surface area is 161 Å². The number of para-hydroxylation sites is 1. The Bertz CT molecular complexity index is 1060. The average molecular weight is 384 g/mol. The van der Waals surface area contributed by atoms with Gasteiger partial charge >= 0.3 is 0 Å². The van der Waals surface area contributed by atoms with Crippen molar-refractivity contribution in [2.75, 3.05) is 24.5 Å². The van der Waals surface area contributed by atoms with Crippen molar-refractivity contribution >= 4 is 16.9 Å². The highest BCUT2D eigenvalue weighted by atomic mass is 19.1. The number of fused-ring (bicyclic) bond motifs is 1. The molecule has 1 aliphatic heterocycles. The van der Waals surface area contributed by atoms with Crippen LogP contribution in [0.5, 0.6) is 0 Å². The summed E-state index contributed by atoms with van der Waals surface area (Å²) in [5.41, 5.74) is 1.24. The number of piperazine rings is 1. The van der Waals surface area contributed by atoms with Crippen molar-refractivity contribution in [2.24, 2.45) is 7.05 Å². The van der Waals surface area contributed by atoms with Gasteiger partial charge in [0, 0.05) is 45.3 Å². The van der Waals surface area contributed by atoms with Crippen molar-refractivity contribution in [1.82, 2.24) is 14.5 Å².